The molecule has 2 saturated carbocycles. The Morgan fingerprint density at radius 1 is 0.647 bits per heavy atom. The molecule has 100 valence electrons. The second-order valence-corrected chi connectivity index (χ2v) is 8.39. The molecule has 0 aromatic heterocycles. The van der Waals surface area contributed by atoms with E-state index in [4.69, 9.17) is 11.5 Å². The van der Waals surface area contributed by atoms with E-state index in [9.17, 15) is 8.42 Å². The van der Waals surface area contributed by atoms with Gasteiger partial charge in [-0.25, -0.2) is 8.42 Å². The van der Waals surface area contributed by atoms with Crippen molar-refractivity contribution < 1.29 is 8.42 Å². The summed E-state index contributed by atoms with van der Waals surface area (Å²) in [4.78, 5) is -2.12. The molecular weight excluding hydrogens is 236 g/mol. The van der Waals surface area contributed by atoms with Gasteiger partial charge in [0.15, 0.2) is 9.84 Å². The Labute approximate surface area is 104 Å². The molecule has 0 radical (unpaired) electrons. The molecule has 4 N–H and O–H groups in total. The maximum absolute atomic E-state index is 12.7. The van der Waals surface area contributed by atoms with E-state index in [1.807, 2.05) is 0 Å². The van der Waals surface area contributed by atoms with E-state index in [-0.39, 0.29) is 0 Å². The van der Waals surface area contributed by atoms with E-state index in [1.54, 1.807) is 0 Å². The van der Waals surface area contributed by atoms with Gasteiger partial charge in [-0.2, -0.15) is 0 Å². The zero-order valence-electron chi connectivity index (χ0n) is 10.5. The fourth-order valence-corrected chi connectivity index (χ4v) is 5.70. The van der Waals surface area contributed by atoms with Crippen LogP contribution in [0.2, 0.25) is 0 Å². The van der Waals surface area contributed by atoms with Crippen molar-refractivity contribution in [2.75, 3.05) is 0 Å². The van der Waals surface area contributed by atoms with Crippen LogP contribution >= 0.6 is 0 Å². The van der Waals surface area contributed by atoms with Gasteiger partial charge in [-0.15, -0.1) is 0 Å². The summed E-state index contributed by atoms with van der Waals surface area (Å²) in [6.07, 6.45) is 8.12. The first-order chi connectivity index (χ1) is 7.91. The predicted molar refractivity (Wildman–Crippen MR) is 68.9 cm³/mol. The normalized spacial score (nSPS) is 28.8. The lowest BCUT2D eigenvalue weighted by Crippen LogP contribution is -2.62. The molecule has 2 rings (SSSR count). The second kappa shape index (κ2) is 4.52. The first-order valence-electron chi connectivity index (χ1n) is 6.73. The lowest BCUT2D eigenvalue weighted by molar-refractivity contribution is 0.334. The third-order valence-corrected chi connectivity index (χ3v) is 7.43. The minimum atomic E-state index is -3.43. The molecular formula is C12H24N2O2S. The Morgan fingerprint density at radius 2 is 0.941 bits per heavy atom. The van der Waals surface area contributed by atoms with E-state index >= 15 is 0 Å². The quantitative estimate of drug-likeness (QED) is 0.790. The van der Waals surface area contributed by atoms with Crippen LogP contribution in [0.3, 0.4) is 0 Å². The van der Waals surface area contributed by atoms with Gasteiger partial charge in [-0.1, -0.05) is 38.5 Å². The number of nitrogens with two attached hydrogens (primary N) is 2. The molecule has 5 heteroatoms. The highest BCUT2D eigenvalue weighted by molar-refractivity contribution is 7.94. The summed E-state index contributed by atoms with van der Waals surface area (Å²) in [7, 11) is -3.43. The number of hydrogen-bond donors (Lipinski definition) is 2. The molecule has 0 amide bonds. The molecule has 0 atom stereocenters. The van der Waals surface area contributed by atoms with Crippen molar-refractivity contribution >= 4 is 9.84 Å². The van der Waals surface area contributed by atoms with E-state index in [2.05, 4.69) is 0 Å². The minimum Gasteiger partial charge on any atom is -0.313 e. The largest absolute Gasteiger partial charge is 0.313 e. The maximum Gasteiger partial charge on any atom is 0.187 e. The molecule has 0 heterocycles. The molecule has 0 saturated heterocycles. The summed E-state index contributed by atoms with van der Waals surface area (Å²) in [5, 5.41) is 0. The Bertz CT molecular complexity index is 336. The third kappa shape index (κ3) is 2.13. The molecule has 0 aliphatic heterocycles. The van der Waals surface area contributed by atoms with E-state index in [0.717, 1.165) is 38.5 Å². The molecule has 0 spiro atoms. The fraction of sp³-hybridized carbons (Fsp3) is 1.00. The average Bonchev–Trinajstić information content (AvgIpc) is 2.30. The van der Waals surface area contributed by atoms with Crippen molar-refractivity contribution in [3.05, 3.63) is 0 Å². The van der Waals surface area contributed by atoms with Gasteiger partial charge in [0.1, 0.15) is 9.74 Å². The van der Waals surface area contributed by atoms with Crippen LogP contribution in [-0.4, -0.2) is 18.2 Å². The van der Waals surface area contributed by atoms with Crippen LogP contribution in [0.1, 0.15) is 64.2 Å². The van der Waals surface area contributed by atoms with Crippen LogP contribution in [0.5, 0.6) is 0 Å². The van der Waals surface area contributed by atoms with Crippen LogP contribution in [0.4, 0.5) is 0 Å². The van der Waals surface area contributed by atoms with Crippen molar-refractivity contribution in [1.82, 2.24) is 0 Å². The molecule has 4 nitrogen and oxygen atoms in total. The molecule has 2 aliphatic carbocycles. The van der Waals surface area contributed by atoms with Gasteiger partial charge in [-0.3, -0.25) is 0 Å². The van der Waals surface area contributed by atoms with Crippen LogP contribution in [0, 0.1) is 0 Å². The summed E-state index contributed by atoms with van der Waals surface area (Å²) in [6, 6.07) is 0. The lowest BCUT2D eigenvalue weighted by atomic mass is 9.95. The van der Waals surface area contributed by atoms with E-state index < -0.39 is 19.6 Å². The van der Waals surface area contributed by atoms with Crippen molar-refractivity contribution in [2.45, 2.75) is 74.0 Å². The first kappa shape index (κ1) is 13.3. The molecule has 0 unspecified atom stereocenters. The van der Waals surface area contributed by atoms with Crippen molar-refractivity contribution in [3.8, 4) is 0 Å². The SMILES string of the molecule is NC1(S(=O)(=O)C2(N)CCCCC2)CCCCC1. The monoisotopic (exact) mass is 260 g/mol. The number of hydrogen-bond acceptors (Lipinski definition) is 4. The smallest absolute Gasteiger partial charge is 0.187 e. The Kier molecular flexibility index (Phi) is 3.54. The first-order valence-corrected chi connectivity index (χ1v) is 8.22. The van der Waals surface area contributed by atoms with Crippen LogP contribution in [-0.2, 0) is 9.84 Å². The van der Waals surface area contributed by atoms with Crippen LogP contribution in [0.15, 0.2) is 0 Å². The van der Waals surface area contributed by atoms with Gasteiger partial charge >= 0.3 is 0 Å². The summed E-state index contributed by atoms with van der Waals surface area (Å²) < 4.78 is 25.5. The number of rotatable bonds is 2. The van der Waals surface area contributed by atoms with Crippen molar-refractivity contribution in [1.29, 1.82) is 0 Å². The highest BCUT2D eigenvalue weighted by Gasteiger charge is 2.52. The summed E-state index contributed by atoms with van der Waals surface area (Å²) in [6.45, 7) is 0. The molecule has 0 aromatic rings. The van der Waals surface area contributed by atoms with Crippen LogP contribution in [0.25, 0.3) is 0 Å². The topological polar surface area (TPSA) is 86.2 Å². The zero-order valence-corrected chi connectivity index (χ0v) is 11.3. The Balaban J connectivity index is 2.27. The fourth-order valence-electron chi connectivity index (χ4n) is 3.24. The second-order valence-electron chi connectivity index (χ2n) is 5.75. The van der Waals surface area contributed by atoms with Crippen LogP contribution < -0.4 is 11.5 Å². The molecule has 2 aliphatic rings. The maximum atomic E-state index is 12.7. The van der Waals surface area contributed by atoms with Gasteiger partial charge in [0.05, 0.1) is 0 Å². The third-order valence-electron chi connectivity index (χ3n) is 4.47. The van der Waals surface area contributed by atoms with Gasteiger partial charge in [0, 0.05) is 0 Å². The van der Waals surface area contributed by atoms with Gasteiger partial charge in [-0.05, 0) is 25.7 Å². The summed E-state index contributed by atoms with van der Waals surface area (Å²) in [5.74, 6) is 0. The Morgan fingerprint density at radius 3 is 1.24 bits per heavy atom. The minimum absolute atomic E-state index is 0.578. The average molecular weight is 260 g/mol. The molecule has 2 fully saturated rings. The highest BCUT2D eigenvalue weighted by Crippen LogP contribution is 2.40. The number of sulfone groups is 1. The van der Waals surface area contributed by atoms with Gasteiger partial charge < -0.3 is 11.5 Å². The highest BCUT2D eigenvalue weighted by atomic mass is 32.2. The lowest BCUT2D eigenvalue weighted by Gasteiger charge is -2.42. The summed E-state index contributed by atoms with van der Waals surface area (Å²) in [5.41, 5.74) is 12.4. The van der Waals surface area contributed by atoms with E-state index in [1.165, 1.54) is 0 Å². The summed E-state index contributed by atoms with van der Waals surface area (Å²) >= 11 is 0. The van der Waals surface area contributed by atoms with Crippen molar-refractivity contribution in [3.63, 3.8) is 0 Å². The molecule has 0 aromatic carbocycles. The van der Waals surface area contributed by atoms with E-state index in [0.29, 0.717) is 25.7 Å². The van der Waals surface area contributed by atoms with Crippen molar-refractivity contribution in [2.24, 2.45) is 11.5 Å². The molecule has 17 heavy (non-hydrogen) atoms. The van der Waals surface area contributed by atoms with Gasteiger partial charge in [0.2, 0.25) is 0 Å². The zero-order chi connectivity index (χ0) is 12.6. The predicted octanol–water partition coefficient (Wildman–Crippen LogP) is 1.64. The van der Waals surface area contributed by atoms with Gasteiger partial charge in [0.25, 0.3) is 0 Å². The Hall–Kier alpha value is -0.130. The standard InChI is InChI=1S/C12H24N2O2S/c13-11(7-3-1-4-8-11)17(15,16)12(14)9-5-2-6-10-12/h1-10,13-14H2. The molecule has 0 bridgehead atoms.